The molecule has 0 saturated heterocycles. The Kier molecular flexibility index (Phi) is 4.02. The van der Waals surface area contributed by atoms with Gasteiger partial charge in [0.15, 0.2) is 0 Å². The van der Waals surface area contributed by atoms with Gasteiger partial charge in [-0.3, -0.25) is 0 Å². The van der Waals surface area contributed by atoms with Crippen LogP contribution in [0.3, 0.4) is 0 Å². The number of fused-ring (bicyclic) bond motifs is 2. The fourth-order valence-electron chi connectivity index (χ4n) is 3.35. The second kappa shape index (κ2) is 6.46. The van der Waals surface area contributed by atoms with E-state index in [0.717, 1.165) is 0 Å². The lowest BCUT2D eigenvalue weighted by Gasteiger charge is -2.12. The molecule has 4 rings (SSSR count). The smallest absolute Gasteiger partial charge is 0.0620 e. The Balaban J connectivity index is 1.51. The number of hydrogen-bond donors (Lipinski definition) is 1. The Morgan fingerprint density at radius 3 is 1.42 bits per heavy atom. The molecular weight excluding hydrogens is 292 g/mol. The van der Waals surface area contributed by atoms with Crippen LogP contribution in [0, 0.1) is 0 Å². The predicted molar refractivity (Wildman–Crippen MR) is 101 cm³/mol. The van der Waals surface area contributed by atoms with Crippen LogP contribution in [0.4, 0.5) is 0 Å². The van der Waals surface area contributed by atoms with E-state index in [1.54, 1.807) is 0 Å². The highest BCUT2D eigenvalue weighted by Crippen LogP contribution is 2.19. The topological polar surface area (TPSA) is 20.2 Å². The Morgan fingerprint density at radius 2 is 0.958 bits per heavy atom. The van der Waals surface area contributed by atoms with Crippen LogP contribution in [0.15, 0.2) is 84.9 Å². The third-order valence-electron chi connectivity index (χ3n) is 4.57. The summed E-state index contributed by atoms with van der Waals surface area (Å²) in [6.07, 6.45) is 0.988. The van der Waals surface area contributed by atoms with Crippen LogP contribution in [-0.4, -0.2) is 11.2 Å². The van der Waals surface area contributed by atoms with Crippen molar-refractivity contribution in [1.29, 1.82) is 0 Å². The van der Waals surface area contributed by atoms with Crippen molar-refractivity contribution in [2.24, 2.45) is 0 Å². The van der Waals surface area contributed by atoms with Gasteiger partial charge in [0.2, 0.25) is 0 Å². The van der Waals surface area contributed by atoms with Crippen molar-refractivity contribution in [2.75, 3.05) is 0 Å². The van der Waals surface area contributed by atoms with Crippen molar-refractivity contribution >= 4 is 21.5 Å². The van der Waals surface area contributed by atoms with Crippen molar-refractivity contribution in [3.05, 3.63) is 96.1 Å². The van der Waals surface area contributed by atoms with Gasteiger partial charge >= 0.3 is 0 Å². The molecule has 0 radical (unpaired) electrons. The number of aliphatic hydroxyl groups is 1. The molecule has 1 N–H and O–H groups in total. The van der Waals surface area contributed by atoms with E-state index in [9.17, 15) is 5.11 Å². The molecule has 4 aromatic rings. The van der Waals surface area contributed by atoms with E-state index in [1.807, 2.05) is 0 Å². The molecule has 4 aromatic carbocycles. The first-order valence-electron chi connectivity index (χ1n) is 8.41. The minimum atomic E-state index is -0.368. The number of benzene rings is 4. The van der Waals surface area contributed by atoms with Gasteiger partial charge in [-0.1, -0.05) is 84.9 Å². The van der Waals surface area contributed by atoms with Gasteiger partial charge in [0.25, 0.3) is 0 Å². The zero-order valence-electron chi connectivity index (χ0n) is 13.5. The Labute approximate surface area is 142 Å². The molecule has 0 fully saturated rings. The van der Waals surface area contributed by atoms with Gasteiger partial charge in [0.1, 0.15) is 0 Å². The lowest BCUT2D eigenvalue weighted by molar-refractivity contribution is 0.175. The van der Waals surface area contributed by atoms with Crippen LogP contribution < -0.4 is 0 Å². The molecule has 0 spiro atoms. The van der Waals surface area contributed by atoms with Crippen LogP contribution in [0.5, 0.6) is 0 Å². The van der Waals surface area contributed by atoms with E-state index < -0.39 is 0 Å². The largest absolute Gasteiger partial charge is 0.392 e. The lowest BCUT2D eigenvalue weighted by atomic mass is 9.98. The molecule has 0 aliphatic carbocycles. The summed E-state index contributed by atoms with van der Waals surface area (Å²) in [5, 5.41) is 15.4. The van der Waals surface area contributed by atoms with E-state index in [2.05, 4.69) is 84.9 Å². The molecule has 0 aliphatic rings. The van der Waals surface area contributed by atoms with E-state index in [4.69, 9.17) is 0 Å². The predicted octanol–water partition coefficient (Wildman–Crippen LogP) is 5.14. The average molecular weight is 312 g/mol. The number of rotatable bonds is 4. The highest BCUT2D eigenvalue weighted by atomic mass is 16.3. The van der Waals surface area contributed by atoms with Crippen molar-refractivity contribution in [3.8, 4) is 0 Å². The molecule has 24 heavy (non-hydrogen) atoms. The standard InChI is InChI=1S/C23H20O/c24-23(15-17-9-11-19-5-1-3-7-21(19)13-17)16-18-10-12-20-6-2-4-8-22(20)14-18/h1-14,23-24H,15-16H2. The van der Waals surface area contributed by atoms with Crippen molar-refractivity contribution in [1.82, 2.24) is 0 Å². The highest BCUT2D eigenvalue weighted by molar-refractivity contribution is 5.83. The summed E-state index contributed by atoms with van der Waals surface area (Å²) < 4.78 is 0. The van der Waals surface area contributed by atoms with Gasteiger partial charge in [-0.2, -0.15) is 0 Å². The minimum absolute atomic E-state index is 0.368. The summed E-state index contributed by atoms with van der Waals surface area (Å²) in [6.45, 7) is 0. The summed E-state index contributed by atoms with van der Waals surface area (Å²) in [7, 11) is 0. The summed E-state index contributed by atoms with van der Waals surface area (Å²) in [5.74, 6) is 0. The van der Waals surface area contributed by atoms with Gasteiger partial charge in [-0.25, -0.2) is 0 Å². The van der Waals surface area contributed by atoms with E-state index in [-0.39, 0.29) is 6.10 Å². The zero-order valence-corrected chi connectivity index (χ0v) is 13.5. The second-order valence-corrected chi connectivity index (χ2v) is 6.43. The van der Waals surface area contributed by atoms with Gasteiger partial charge in [0.05, 0.1) is 6.10 Å². The molecule has 0 amide bonds. The molecule has 0 heterocycles. The van der Waals surface area contributed by atoms with E-state index in [0.29, 0.717) is 12.8 Å². The maximum Gasteiger partial charge on any atom is 0.0620 e. The van der Waals surface area contributed by atoms with Gasteiger partial charge in [-0.15, -0.1) is 0 Å². The summed E-state index contributed by atoms with van der Waals surface area (Å²) in [4.78, 5) is 0. The third kappa shape index (κ3) is 3.17. The van der Waals surface area contributed by atoms with Gasteiger partial charge < -0.3 is 5.11 Å². The third-order valence-corrected chi connectivity index (χ3v) is 4.57. The first kappa shape index (κ1) is 14.9. The Hall–Kier alpha value is -2.64. The van der Waals surface area contributed by atoms with Gasteiger partial charge in [-0.05, 0) is 45.5 Å². The molecule has 1 heteroatoms. The van der Waals surface area contributed by atoms with Crippen molar-refractivity contribution in [3.63, 3.8) is 0 Å². The fourth-order valence-corrected chi connectivity index (χ4v) is 3.35. The van der Waals surface area contributed by atoms with Crippen molar-refractivity contribution in [2.45, 2.75) is 18.9 Å². The molecule has 0 bridgehead atoms. The maximum atomic E-state index is 10.5. The molecule has 0 unspecified atom stereocenters. The summed E-state index contributed by atoms with van der Waals surface area (Å²) in [6, 6.07) is 29.5. The van der Waals surface area contributed by atoms with E-state index >= 15 is 0 Å². The maximum absolute atomic E-state index is 10.5. The molecule has 0 atom stereocenters. The SMILES string of the molecule is OC(Cc1ccc2ccccc2c1)Cc1ccc2ccccc2c1. The molecule has 118 valence electrons. The van der Waals surface area contributed by atoms with E-state index in [1.165, 1.54) is 32.7 Å². The molecule has 0 saturated carbocycles. The molecule has 0 aliphatic heterocycles. The first-order chi connectivity index (χ1) is 11.8. The quantitative estimate of drug-likeness (QED) is 0.553. The van der Waals surface area contributed by atoms with Crippen LogP contribution in [-0.2, 0) is 12.8 Å². The molecule has 1 nitrogen and oxygen atoms in total. The second-order valence-electron chi connectivity index (χ2n) is 6.43. The first-order valence-corrected chi connectivity index (χ1v) is 8.41. The number of hydrogen-bond acceptors (Lipinski definition) is 1. The van der Waals surface area contributed by atoms with Crippen LogP contribution in [0.25, 0.3) is 21.5 Å². The van der Waals surface area contributed by atoms with Crippen LogP contribution in [0.1, 0.15) is 11.1 Å². The Morgan fingerprint density at radius 1 is 0.542 bits per heavy atom. The highest BCUT2D eigenvalue weighted by Gasteiger charge is 2.08. The Bertz CT molecular complexity index is 906. The summed E-state index contributed by atoms with van der Waals surface area (Å²) >= 11 is 0. The normalized spacial score (nSPS) is 11.4. The lowest BCUT2D eigenvalue weighted by Crippen LogP contribution is -2.13. The zero-order chi connectivity index (χ0) is 16.4. The minimum Gasteiger partial charge on any atom is -0.392 e. The molecule has 0 aromatic heterocycles. The number of aliphatic hydroxyl groups excluding tert-OH is 1. The monoisotopic (exact) mass is 312 g/mol. The summed E-state index contributed by atoms with van der Waals surface area (Å²) in [5.41, 5.74) is 2.36. The molecular formula is C23H20O. The fraction of sp³-hybridized carbons (Fsp3) is 0.130. The average Bonchev–Trinajstić information content (AvgIpc) is 2.61. The van der Waals surface area contributed by atoms with Crippen molar-refractivity contribution < 1.29 is 5.11 Å². The van der Waals surface area contributed by atoms with Gasteiger partial charge in [0, 0.05) is 0 Å². The van der Waals surface area contributed by atoms with Crippen LogP contribution in [0.2, 0.25) is 0 Å². The van der Waals surface area contributed by atoms with Crippen LogP contribution >= 0.6 is 0 Å².